The van der Waals surface area contributed by atoms with Crippen LogP contribution >= 0.6 is 0 Å². The van der Waals surface area contributed by atoms with E-state index in [-0.39, 0.29) is 55.3 Å². The van der Waals surface area contributed by atoms with Crippen molar-refractivity contribution in [1.29, 1.82) is 0 Å². The summed E-state index contributed by atoms with van der Waals surface area (Å²) in [6, 6.07) is 5.52. The third kappa shape index (κ3) is 7.93. The van der Waals surface area contributed by atoms with Crippen LogP contribution in [0.3, 0.4) is 0 Å². The fourth-order valence-corrected chi connectivity index (χ4v) is 4.85. The average molecular weight is 531 g/mol. The third-order valence-corrected chi connectivity index (χ3v) is 7.22. The van der Waals surface area contributed by atoms with Gasteiger partial charge in [0.15, 0.2) is 0 Å². The molecule has 0 aromatic heterocycles. The zero-order valence-electron chi connectivity index (χ0n) is 22.8. The Morgan fingerprint density at radius 2 is 1.87 bits per heavy atom. The van der Waals surface area contributed by atoms with Crippen molar-refractivity contribution in [3.05, 3.63) is 29.8 Å². The molecule has 38 heavy (non-hydrogen) atoms. The minimum Gasteiger partial charge on any atom is -0.491 e. The predicted molar refractivity (Wildman–Crippen MR) is 143 cm³/mol. The number of amides is 4. The van der Waals surface area contributed by atoms with Crippen LogP contribution < -0.4 is 26.0 Å². The molecule has 0 bridgehead atoms. The quantitative estimate of drug-likeness (QED) is 0.416. The van der Waals surface area contributed by atoms with Gasteiger partial charge in [-0.25, -0.2) is 0 Å². The van der Waals surface area contributed by atoms with Gasteiger partial charge in [0.1, 0.15) is 23.9 Å². The molecule has 4 amide bonds. The molecule has 1 aliphatic heterocycles. The molecule has 1 fully saturated rings. The Morgan fingerprint density at radius 3 is 2.58 bits per heavy atom. The summed E-state index contributed by atoms with van der Waals surface area (Å²) < 4.78 is 11.3. The third-order valence-electron chi connectivity index (χ3n) is 7.22. The number of nitrogens with one attached hydrogen (secondary N) is 4. The van der Waals surface area contributed by atoms with Crippen LogP contribution in [0, 0.1) is 5.92 Å². The van der Waals surface area contributed by atoms with Gasteiger partial charge in [-0.3, -0.25) is 19.2 Å². The molecule has 1 spiro atoms. The largest absolute Gasteiger partial charge is 0.491 e. The highest BCUT2D eigenvalue weighted by atomic mass is 16.5. The Bertz CT molecular complexity index is 976. The summed E-state index contributed by atoms with van der Waals surface area (Å²) >= 11 is 0. The van der Waals surface area contributed by atoms with Crippen molar-refractivity contribution < 1.29 is 28.7 Å². The van der Waals surface area contributed by atoms with Crippen molar-refractivity contribution in [1.82, 2.24) is 21.3 Å². The molecule has 1 saturated carbocycles. The normalized spacial score (nSPS) is 22.7. The highest BCUT2D eigenvalue weighted by molar-refractivity contribution is 6.00. The lowest BCUT2D eigenvalue weighted by atomic mass is 9.80. The van der Waals surface area contributed by atoms with Crippen molar-refractivity contribution in [2.45, 2.75) is 83.3 Å². The molecule has 1 aliphatic carbocycles. The summed E-state index contributed by atoms with van der Waals surface area (Å²) in [6.07, 6.45) is 3.84. The first-order chi connectivity index (χ1) is 18.3. The number of benzene rings is 1. The van der Waals surface area contributed by atoms with Gasteiger partial charge < -0.3 is 30.7 Å². The number of hydrogen-bond acceptors (Lipinski definition) is 6. The average Bonchev–Trinajstić information content (AvgIpc) is 2.91. The maximum atomic E-state index is 13.6. The molecule has 4 N–H and O–H groups in total. The van der Waals surface area contributed by atoms with E-state index in [0.29, 0.717) is 31.8 Å². The van der Waals surface area contributed by atoms with Crippen LogP contribution in [0.5, 0.6) is 5.75 Å². The van der Waals surface area contributed by atoms with Gasteiger partial charge in [-0.05, 0) is 44.2 Å². The van der Waals surface area contributed by atoms with Crippen LogP contribution in [0.2, 0.25) is 0 Å². The van der Waals surface area contributed by atoms with Gasteiger partial charge in [-0.1, -0.05) is 45.2 Å². The molecule has 0 saturated heterocycles. The summed E-state index contributed by atoms with van der Waals surface area (Å²) in [5.41, 5.74) is -0.726. The second kappa shape index (κ2) is 14.1. The van der Waals surface area contributed by atoms with Gasteiger partial charge in [0.25, 0.3) is 5.91 Å². The van der Waals surface area contributed by atoms with Crippen molar-refractivity contribution in [3.63, 3.8) is 0 Å². The first kappa shape index (κ1) is 29.4. The minimum atomic E-state index is -1.00. The monoisotopic (exact) mass is 530 g/mol. The summed E-state index contributed by atoms with van der Waals surface area (Å²) in [5.74, 6) is -1.01. The fourth-order valence-electron chi connectivity index (χ4n) is 4.85. The summed E-state index contributed by atoms with van der Waals surface area (Å²) in [7, 11) is 0. The topological polar surface area (TPSA) is 135 Å². The Kier molecular flexibility index (Phi) is 10.9. The van der Waals surface area contributed by atoms with Gasteiger partial charge >= 0.3 is 0 Å². The Balaban J connectivity index is 1.90. The molecule has 2 aliphatic rings. The first-order valence-electron chi connectivity index (χ1n) is 13.8. The molecule has 0 unspecified atom stereocenters. The van der Waals surface area contributed by atoms with Gasteiger partial charge in [-0.15, -0.1) is 0 Å². The zero-order valence-corrected chi connectivity index (χ0v) is 22.8. The van der Waals surface area contributed by atoms with E-state index in [0.717, 1.165) is 19.3 Å². The van der Waals surface area contributed by atoms with Crippen LogP contribution in [0.25, 0.3) is 0 Å². The molecule has 3 rings (SSSR count). The molecule has 210 valence electrons. The van der Waals surface area contributed by atoms with E-state index in [1.165, 1.54) is 0 Å². The van der Waals surface area contributed by atoms with Gasteiger partial charge in [0, 0.05) is 19.6 Å². The lowest BCUT2D eigenvalue weighted by molar-refractivity contribution is -0.136. The molecular weight excluding hydrogens is 488 g/mol. The van der Waals surface area contributed by atoms with E-state index in [4.69, 9.17) is 9.47 Å². The zero-order chi connectivity index (χ0) is 27.5. The van der Waals surface area contributed by atoms with Crippen LogP contribution in [-0.4, -0.2) is 67.6 Å². The minimum absolute atomic E-state index is 0.0232. The second-order valence-corrected chi connectivity index (χ2v) is 10.4. The fraction of sp³-hybridized carbons (Fsp3) is 0.643. The van der Waals surface area contributed by atoms with Gasteiger partial charge in [0.2, 0.25) is 17.7 Å². The van der Waals surface area contributed by atoms with Crippen molar-refractivity contribution in [2.24, 2.45) is 5.92 Å². The predicted octanol–water partition coefficient (Wildman–Crippen LogP) is 2.07. The number of ether oxygens (including phenoxy) is 2. The Morgan fingerprint density at radius 1 is 1.13 bits per heavy atom. The van der Waals surface area contributed by atoms with Crippen LogP contribution in [0.4, 0.5) is 0 Å². The van der Waals surface area contributed by atoms with Crippen LogP contribution in [0.1, 0.15) is 76.1 Å². The number of rotatable bonds is 6. The highest BCUT2D eigenvalue weighted by Gasteiger charge is 2.42. The van der Waals surface area contributed by atoms with Gasteiger partial charge in [0.05, 0.1) is 18.2 Å². The molecule has 2 atom stereocenters. The molecule has 1 heterocycles. The van der Waals surface area contributed by atoms with Crippen molar-refractivity contribution >= 4 is 23.6 Å². The summed E-state index contributed by atoms with van der Waals surface area (Å²) in [4.78, 5) is 53.0. The smallest absolute Gasteiger partial charge is 0.255 e. The SMILES string of the molecule is CCOCCNC(=O)[C@@H]1CCC(=O)NC2(CCCCC2)C(=O)N[C@@H](C(C)C)COc2ccccc2C(=O)N1. The maximum absolute atomic E-state index is 13.6. The number of carbonyl (C=O) groups excluding carboxylic acids is 4. The van der Waals surface area contributed by atoms with Crippen LogP contribution in [0.15, 0.2) is 24.3 Å². The highest BCUT2D eigenvalue weighted by Crippen LogP contribution is 2.29. The summed E-state index contributed by atoms with van der Waals surface area (Å²) in [5, 5.41) is 11.7. The van der Waals surface area contributed by atoms with E-state index < -0.39 is 23.4 Å². The number of hydrogen-bond donors (Lipinski definition) is 4. The molecular formula is C28H42N4O6. The lowest BCUT2D eigenvalue weighted by Gasteiger charge is -2.38. The molecule has 10 heteroatoms. The first-order valence-corrected chi connectivity index (χ1v) is 13.8. The molecule has 1 aromatic rings. The molecule has 10 nitrogen and oxygen atoms in total. The second-order valence-electron chi connectivity index (χ2n) is 10.4. The standard InChI is InChI=1S/C28H42N4O6/c1-4-37-17-16-29-26(35)21-12-13-24(33)32-28(14-8-5-9-15-28)27(36)31-22(19(2)3)18-38-23-11-7-6-10-20(23)25(34)30-21/h6-7,10-11,19,21-22H,4-5,8-9,12-18H2,1-3H3,(H,29,35)(H,30,34)(H,31,36)(H,32,33)/t21-,22+/m0/s1. The summed E-state index contributed by atoms with van der Waals surface area (Å²) in [6.45, 7) is 7.14. The maximum Gasteiger partial charge on any atom is 0.255 e. The van der Waals surface area contributed by atoms with Gasteiger partial charge in [-0.2, -0.15) is 0 Å². The van der Waals surface area contributed by atoms with Crippen molar-refractivity contribution in [3.8, 4) is 5.75 Å². The number of para-hydroxylation sites is 1. The molecule has 0 radical (unpaired) electrons. The van der Waals surface area contributed by atoms with Crippen LogP contribution in [-0.2, 0) is 19.1 Å². The Hall–Kier alpha value is -3.14. The van der Waals surface area contributed by atoms with E-state index in [1.54, 1.807) is 24.3 Å². The van der Waals surface area contributed by atoms with E-state index >= 15 is 0 Å². The van der Waals surface area contributed by atoms with E-state index in [1.807, 2.05) is 20.8 Å². The van der Waals surface area contributed by atoms with E-state index in [2.05, 4.69) is 21.3 Å². The van der Waals surface area contributed by atoms with Crippen molar-refractivity contribution in [2.75, 3.05) is 26.4 Å². The number of fused-ring (bicyclic) bond motifs is 1. The molecule has 1 aromatic carbocycles. The van der Waals surface area contributed by atoms with E-state index in [9.17, 15) is 19.2 Å². The Labute approximate surface area is 225 Å². The lowest BCUT2D eigenvalue weighted by Crippen LogP contribution is -2.62. The number of carbonyl (C=O) groups is 4.